The molecule has 4 fully saturated rings. The molecule has 7 heteroatoms. The summed E-state index contributed by atoms with van der Waals surface area (Å²) < 4.78 is 5.75. The summed E-state index contributed by atoms with van der Waals surface area (Å²) in [6, 6.07) is 1.14. The summed E-state index contributed by atoms with van der Waals surface area (Å²) >= 11 is 0. The molecule has 2 aliphatic carbocycles. The van der Waals surface area contributed by atoms with E-state index < -0.39 is 5.60 Å². The van der Waals surface area contributed by atoms with E-state index in [4.69, 9.17) is 9.73 Å². The summed E-state index contributed by atoms with van der Waals surface area (Å²) in [6.07, 6.45) is 8.40. The molecule has 1 atom stereocenters. The Morgan fingerprint density at radius 1 is 1.03 bits per heavy atom. The molecule has 2 saturated carbocycles. The number of hydrogen-bond acceptors (Lipinski definition) is 4. The number of rotatable bonds is 7. The Labute approximate surface area is 194 Å². The highest BCUT2D eigenvalue weighted by Crippen LogP contribution is 2.33. The van der Waals surface area contributed by atoms with Gasteiger partial charge in [0.15, 0.2) is 5.96 Å². The maximum atomic E-state index is 12.9. The van der Waals surface area contributed by atoms with E-state index in [0.717, 1.165) is 57.6 Å². The summed E-state index contributed by atoms with van der Waals surface area (Å²) in [5, 5.41) is 3.52. The highest BCUT2D eigenvalue weighted by Gasteiger charge is 2.36. The second kappa shape index (κ2) is 10.2. The molecule has 2 heterocycles. The topological polar surface area (TPSA) is 60.4 Å². The first kappa shape index (κ1) is 23.7. The van der Waals surface area contributed by atoms with Gasteiger partial charge >= 0.3 is 6.09 Å². The van der Waals surface area contributed by atoms with E-state index in [-0.39, 0.29) is 12.1 Å². The lowest BCUT2D eigenvalue weighted by atomic mass is 10.0. The van der Waals surface area contributed by atoms with Gasteiger partial charge in [0.1, 0.15) is 5.60 Å². The predicted molar refractivity (Wildman–Crippen MR) is 129 cm³/mol. The molecule has 2 saturated heterocycles. The van der Waals surface area contributed by atoms with Crippen LogP contribution in [0, 0.1) is 11.8 Å². The zero-order chi connectivity index (χ0) is 22.7. The average Bonchev–Trinajstić information content (AvgIpc) is 3.68. The molecule has 0 radical (unpaired) electrons. The Balaban J connectivity index is 1.30. The van der Waals surface area contributed by atoms with E-state index in [1.807, 2.05) is 25.7 Å². The van der Waals surface area contributed by atoms with Gasteiger partial charge in [-0.3, -0.25) is 4.99 Å². The Bertz CT molecular complexity index is 660. The van der Waals surface area contributed by atoms with Gasteiger partial charge in [0.05, 0.1) is 0 Å². The largest absolute Gasteiger partial charge is 0.444 e. The van der Waals surface area contributed by atoms with Crippen LogP contribution in [0.2, 0.25) is 0 Å². The van der Waals surface area contributed by atoms with Gasteiger partial charge in [-0.1, -0.05) is 0 Å². The highest BCUT2D eigenvalue weighted by atomic mass is 16.6. The molecule has 0 bridgehead atoms. The van der Waals surface area contributed by atoms with E-state index in [1.165, 1.54) is 45.2 Å². The van der Waals surface area contributed by atoms with Crippen molar-refractivity contribution in [1.29, 1.82) is 0 Å². The maximum Gasteiger partial charge on any atom is 0.410 e. The number of carbonyl (C=O) groups excluding carboxylic acids is 1. The first-order chi connectivity index (χ1) is 15.3. The first-order valence-electron chi connectivity index (χ1n) is 13.1. The molecular formula is C25H45N5O2. The van der Waals surface area contributed by atoms with Gasteiger partial charge in [0, 0.05) is 51.4 Å². The van der Waals surface area contributed by atoms with Crippen molar-refractivity contribution >= 4 is 12.1 Å². The van der Waals surface area contributed by atoms with Crippen LogP contribution in [-0.2, 0) is 4.74 Å². The molecule has 0 aromatic carbocycles. The van der Waals surface area contributed by atoms with Crippen LogP contribution in [0.25, 0.3) is 0 Å². The third-order valence-corrected chi connectivity index (χ3v) is 7.20. The fraction of sp³-hybridized carbons (Fsp3) is 0.920. The van der Waals surface area contributed by atoms with E-state index >= 15 is 0 Å². The lowest BCUT2D eigenvalue weighted by Gasteiger charge is -2.40. The van der Waals surface area contributed by atoms with Gasteiger partial charge in [0.2, 0.25) is 0 Å². The third-order valence-electron chi connectivity index (χ3n) is 7.20. The number of likely N-dealkylation sites (tertiary alicyclic amines) is 2. The first-order valence-corrected chi connectivity index (χ1v) is 13.1. The highest BCUT2D eigenvalue weighted by molar-refractivity contribution is 5.80. The minimum atomic E-state index is -0.445. The standard InChI is InChI=1S/C25H45N5O2/c1-5-26-23(27-16-20-10-13-29(17-20)21-8-9-21)28-14-11-22(12-15-28)30(18-19-6-7-19)24(31)32-25(2,3)4/h19-22H,5-18H2,1-4H3,(H,26,27). The quantitative estimate of drug-likeness (QED) is 0.478. The second-order valence-electron chi connectivity index (χ2n) is 11.4. The van der Waals surface area contributed by atoms with Crippen LogP contribution < -0.4 is 5.32 Å². The second-order valence-corrected chi connectivity index (χ2v) is 11.4. The number of carbonyl (C=O) groups is 1. The van der Waals surface area contributed by atoms with Gasteiger partial charge < -0.3 is 24.8 Å². The molecule has 4 aliphatic rings. The molecule has 32 heavy (non-hydrogen) atoms. The Hall–Kier alpha value is -1.50. The molecule has 4 rings (SSSR count). The van der Waals surface area contributed by atoms with Crippen molar-refractivity contribution in [2.45, 2.75) is 90.3 Å². The lowest BCUT2D eigenvalue weighted by Crippen LogP contribution is -2.52. The number of aliphatic imine (C=N–C) groups is 1. The zero-order valence-corrected chi connectivity index (χ0v) is 20.8. The van der Waals surface area contributed by atoms with Crippen molar-refractivity contribution in [2.24, 2.45) is 16.8 Å². The number of guanidine groups is 1. The van der Waals surface area contributed by atoms with Gasteiger partial charge in [-0.15, -0.1) is 0 Å². The summed E-state index contributed by atoms with van der Waals surface area (Å²) in [7, 11) is 0. The van der Waals surface area contributed by atoms with E-state index in [9.17, 15) is 4.79 Å². The molecule has 0 aromatic rings. The number of hydrogen-bond donors (Lipinski definition) is 1. The van der Waals surface area contributed by atoms with Crippen LogP contribution in [0.4, 0.5) is 4.79 Å². The summed E-state index contributed by atoms with van der Waals surface area (Å²) in [4.78, 5) is 25.1. The molecule has 0 spiro atoms. The molecule has 7 nitrogen and oxygen atoms in total. The summed E-state index contributed by atoms with van der Waals surface area (Å²) in [5.74, 6) is 2.42. The molecule has 2 aliphatic heterocycles. The maximum absolute atomic E-state index is 12.9. The Morgan fingerprint density at radius 3 is 2.34 bits per heavy atom. The number of piperidine rings is 1. The SMILES string of the molecule is CCNC(=NCC1CCN(C2CC2)C1)N1CCC(N(CC2CC2)C(=O)OC(C)(C)C)CC1. The fourth-order valence-electron chi connectivity index (χ4n) is 5.09. The Morgan fingerprint density at radius 2 is 1.75 bits per heavy atom. The molecule has 1 amide bonds. The van der Waals surface area contributed by atoms with Crippen LogP contribution in [-0.4, -0.2) is 90.3 Å². The number of ether oxygens (including phenoxy) is 1. The summed E-state index contributed by atoms with van der Waals surface area (Å²) in [6.45, 7) is 15.1. The number of nitrogens with zero attached hydrogens (tertiary/aromatic N) is 4. The number of amides is 1. The van der Waals surface area contributed by atoms with Gasteiger partial charge in [-0.25, -0.2) is 4.79 Å². The summed E-state index contributed by atoms with van der Waals surface area (Å²) in [5.41, 5.74) is -0.445. The lowest BCUT2D eigenvalue weighted by molar-refractivity contribution is 0.00928. The van der Waals surface area contributed by atoms with Crippen molar-refractivity contribution in [3.63, 3.8) is 0 Å². The average molecular weight is 448 g/mol. The molecular weight excluding hydrogens is 402 g/mol. The Kier molecular flexibility index (Phi) is 7.53. The van der Waals surface area contributed by atoms with Crippen molar-refractivity contribution in [1.82, 2.24) is 20.0 Å². The zero-order valence-electron chi connectivity index (χ0n) is 20.8. The monoisotopic (exact) mass is 447 g/mol. The fourth-order valence-corrected chi connectivity index (χ4v) is 5.09. The van der Waals surface area contributed by atoms with Gasteiger partial charge in [0.25, 0.3) is 0 Å². The van der Waals surface area contributed by atoms with Crippen molar-refractivity contribution in [3.8, 4) is 0 Å². The van der Waals surface area contributed by atoms with Crippen molar-refractivity contribution < 1.29 is 9.53 Å². The van der Waals surface area contributed by atoms with Gasteiger partial charge in [-0.2, -0.15) is 0 Å². The molecule has 0 aromatic heterocycles. The number of nitrogens with one attached hydrogen (secondary N) is 1. The van der Waals surface area contributed by atoms with Crippen molar-refractivity contribution in [2.75, 3.05) is 45.8 Å². The van der Waals surface area contributed by atoms with Crippen molar-refractivity contribution in [3.05, 3.63) is 0 Å². The van der Waals surface area contributed by atoms with E-state index in [2.05, 4.69) is 22.0 Å². The minimum absolute atomic E-state index is 0.134. The van der Waals surface area contributed by atoms with E-state index in [1.54, 1.807) is 0 Å². The smallest absolute Gasteiger partial charge is 0.410 e. The third kappa shape index (κ3) is 6.75. The normalized spacial score (nSPS) is 25.8. The van der Waals surface area contributed by atoms with Crippen LogP contribution in [0.3, 0.4) is 0 Å². The minimum Gasteiger partial charge on any atom is -0.444 e. The van der Waals surface area contributed by atoms with E-state index in [0.29, 0.717) is 11.8 Å². The van der Waals surface area contributed by atoms with Gasteiger partial charge in [-0.05, 0) is 91.0 Å². The molecule has 1 N–H and O–H groups in total. The van der Waals surface area contributed by atoms with Crippen LogP contribution in [0.15, 0.2) is 4.99 Å². The van der Waals surface area contributed by atoms with Crippen LogP contribution in [0.5, 0.6) is 0 Å². The molecule has 182 valence electrons. The van der Waals surface area contributed by atoms with Crippen LogP contribution >= 0.6 is 0 Å². The predicted octanol–water partition coefficient (Wildman–Crippen LogP) is 3.55. The van der Waals surface area contributed by atoms with Crippen LogP contribution in [0.1, 0.15) is 72.6 Å². The molecule has 1 unspecified atom stereocenters.